The first kappa shape index (κ1) is 14.3. The van der Waals surface area contributed by atoms with Crippen LogP contribution in [0.5, 0.6) is 0 Å². The molecule has 118 valence electrons. The maximum Gasteiger partial charge on any atom is 0.263 e. The molecule has 0 amide bonds. The minimum absolute atomic E-state index is 0.0792. The molecule has 0 fully saturated rings. The number of rotatable bonds is 3. The molecule has 0 saturated heterocycles. The molecule has 6 heteroatoms. The van der Waals surface area contributed by atoms with Gasteiger partial charge in [-0.2, -0.15) is 5.10 Å². The molecule has 0 spiro atoms. The van der Waals surface area contributed by atoms with Crippen molar-refractivity contribution in [1.29, 1.82) is 0 Å². The third-order valence-corrected chi connectivity index (χ3v) is 3.94. The van der Waals surface area contributed by atoms with Crippen molar-refractivity contribution in [2.45, 2.75) is 6.54 Å². The van der Waals surface area contributed by atoms with E-state index in [2.05, 4.69) is 15.1 Å². The van der Waals surface area contributed by atoms with E-state index in [4.69, 9.17) is 0 Å². The fourth-order valence-electron chi connectivity index (χ4n) is 2.68. The zero-order chi connectivity index (χ0) is 16.5. The summed E-state index contributed by atoms with van der Waals surface area (Å²) >= 11 is 0. The summed E-state index contributed by atoms with van der Waals surface area (Å²) in [6.45, 7) is 0.476. The van der Waals surface area contributed by atoms with Gasteiger partial charge >= 0.3 is 0 Å². The van der Waals surface area contributed by atoms with Crippen LogP contribution in [0.15, 0.2) is 66.1 Å². The van der Waals surface area contributed by atoms with Gasteiger partial charge in [0.1, 0.15) is 6.33 Å². The number of fused-ring (bicyclic) bond motifs is 1. The number of aryl methyl sites for hydroxylation is 1. The van der Waals surface area contributed by atoms with E-state index in [0.29, 0.717) is 17.6 Å². The van der Waals surface area contributed by atoms with Crippen LogP contribution in [0, 0.1) is 0 Å². The van der Waals surface area contributed by atoms with E-state index in [9.17, 15) is 4.79 Å². The molecule has 24 heavy (non-hydrogen) atoms. The quantitative estimate of drug-likeness (QED) is 0.581. The summed E-state index contributed by atoms with van der Waals surface area (Å²) in [5.74, 6) is 0. The maximum atomic E-state index is 12.5. The van der Waals surface area contributed by atoms with Gasteiger partial charge in [0.15, 0.2) is 5.65 Å². The molecule has 0 aliphatic rings. The fraction of sp³-hybridized carbons (Fsp3) is 0.111. The standard InChI is InChI=1S/C18H15N5O/c1-22-11-15(9-21-22)14-6-4-13(5-7-14)10-23-12-20-17-16(18(23)24)3-2-8-19-17/h2-9,11-12H,10H2,1H3. The Bertz CT molecular complexity index is 1060. The van der Waals surface area contributed by atoms with Gasteiger partial charge < -0.3 is 0 Å². The van der Waals surface area contributed by atoms with E-state index in [1.54, 1.807) is 33.9 Å². The van der Waals surface area contributed by atoms with Crippen LogP contribution in [-0.4, -0.2) is 24.3 Å². The summed E-state index contributed by atoms with van der Waals surface area (Å²) in [5.41, 5.74) is 3.60. The lowest BCUT2D eigenvalue weighted by molar-refractivity contribution is 0.747. The number of aromatic nitrogens is 5. The van der Waals surface area contributed by atoms with Gasteiger partial charge in [0.2, 0.25) is 0 Å². The summed E-state index contributed by atoms with van der Waals surface area (Å²) < 4.78 is 3.38. The Kier molecular flexibility index (Phi) is 3.42. The molecule has 6 nitrogen and oxygen atoms in total. The minimum atomic E-state index is -0.0792. The van der Waals surface area contributed by atoms with Gasteiger partial charge in [0.25, 0.3) is 5.56 Å². The van der Waals surface area contributed by atoms with Crippen molar-refractivity contribution < 1.29 is 0 Å². The zero-order valence-electron chi connectivity index (χ0n) is 13.1. The Morgan fingerprint density at radius 3 is 2.62 bits per heavy atom. The van der Waals surface area contributed by atoms with Crippen LogP contribution >= 0.6 is 0 Å². The van der Waals surface area contributed by atoms with Gasteiger partial charge in [-0.1, -0.05) is 24.3 Å². The SMILES string of the molecule is Cn1cc(-c2ccc(Cn3cnc4ncccc4c3=O)cc2)cn1. The molecule has 0 unspecified atom stereocenters. The number of benzene rings is 1. The molecule has 0 aliphatic heterocycles. The van der Waals surface area contributed by atoms with Gasteiger partial charge in [-0.05, 0) is 23.3 Å². The molecular formula is C18H15N5O. The highest BCUT2D eigenvalue weighted by molar-refractivity contribution is 5.72. The third-order valence-electron chi connectivity index (χ3n) is 3.94. The zero-order valence-corrected chi connectivity index (χ0v) is 13.1. The van der Waals surface area contributed by atoms with Crippen LogP contribution in [0.25, 0.3) is 22.2 Å². The Labute approximate surface area is 138 Å². The average molecular weight is 317 g/mol. The van der Waals surface area contributed by atoms with Gasteiger partial charge in [0, 0.05) is 25.0 Å². The van der Waals surface area contributed by atoms with Gasteiger partial charge in [-0.25, -0.2) is 9.97 Å². The van der Waals surface area contributed by atoms with Crippen LogP contribution < -0.4 is 5.56 Å². The second kappa shape index (κ2) is 5.73. The van der Waals surface area contributed by atoms with Crippen molar-refractivity contribution in [2.75, 3.05) is 0 Å². The highest BCUT2D eigenvalue weighted by Gasteiger charge is 2.06. The first-order valence-corrected chi connectivity index (χ1v) is 7.59. The van der Waals surface area contributed by atoms with Gasteiger partial charge in [0.05, 0.1) is 18.1 Å². The summed E-state index contributed by atoms with van der Waals surface area (Å²) in [5, 5.41) is 4.72. The molecule has 3 heterocycles. The molecule has 0 saturated carbocycles. The minimum Gasteiger partial charge on any atom is -0.294 e. The summed E-state index contributed by atoms with van der Waals surface area (Å²) in [6, 6.07) is 11.6. The first-order valence-electron chi connectivity index (χ1n) is 7.59. The summed E-state index contributed by atoms with van der Waals surface area (Å²) in [7, 11) is 1.89. The van der Waals surface area contributed by atoms with E-state index >= 15 is 0 Å². The fourth-order valence-corrected chi connectivity index (χ4v) is 2.68. The Morgan fingerprint density at radius 2 is 1.88 bits per heavy atom. The number of pyridine rings is 1. The first-order chi connectivity index (χ1) is 11.7. The monoisotopic (exact) mass is 317 g/mol. The van der Waals surface area contributed by atoms with Crippen molar-refractivity contribution in [1.82, 2.24) is 24.3 Å². The van der Waals surface area contributed by atoms with Crippen LogP contribution in [0.3, 0.4) is 0 Å². The van der Waals surface area contributed by atoms with E-state index in [0.717, 1.165) is 16.7 Å². The van der Waals surface area contributed by atoms with Crippen molar-refractivity contribution >= 4 is 11.0 Å². The average Bonchev–Trinajstić information content (AvgIpc) is 3.05. The Hall–Kier alpha value is -3.28. The Morgan fingerprint density at radius 1 is 1.04 bits per heavy atom. The molecule has 0 aliphatic carbocycles. The van der Waals surface area contributed by atoms with Crippen LogP contribution in [0.4, 0.5) is 0 Å². The van der Waals surface area contributed by atoms with E-state index < -0.39 is 0 Å². The molecule has 0 atom stereocenters. The predicted molar refractivity (Wildman–Crippen MR) is 91.5 cm³/mol. The van der Waals surface area contributed by atoms with Crippen molar-refractivity contribution in [2.24, 2.45) is 7.05 Å². The lowest BCUT2D eigenvalue weighted by Crippen LogP contribution is -2.21. The topological polar surface area (TPSA) is 65.6 Å². The summed E-state index contributed by atoms with van der Waals surface area (Å²) in [4.78, 5) is 20.8. The Balaban J connectivity index is 1.64. The lowest BCUT2D eigenvalue weighted by Gasteiger charge is -2.07. The van der Waals surface area contributed by atoms with E-state index in [1.807, 2.05) is 43.7 Å². The largest absolute Gasteiger partial charge is 0.294 e. The van der Waals surface area contributed by atoms with Crippen molar-refractivity contribution in [3.8, 4) is 11.1 Å². The molecule has 0 radical (unpaired) electrons. The lowest BCUT2D eigenvalue weighted by atomic mass is 10.1. The molecule has 1 aromatic carbocycles. The molecule has 3 aromatic heterocycles. The van der Waals surface area contributed by atoms with Crippen LogP contribution in [0.1, 0.15) is 5.56 Å². The van der Waals surface area contributed by atoms with Crippen LogP contribution in [0.2, 0.25) is 0 Å². The number of hydrogen-bond acceptors (Lipinski definition) is 4. The highest BCUT2D eigenvalue weighted by Crippen LogP contribution is 2.19. The molecule has 0 N–H and O–H groups in total. The van der Waals surface area contributed by atoms with E-state index in [1.165, 1.54) is 0 Å². The molecule has 4 rings (SSSR count). The smallest absolute Gasteiger partial charge is 0.263 e. The molecule has 0 bridgehead atoms. The second-order valence-electron chi connectivity index (χ2n) is 5.65. The van der Waals surface area contributed by atoms with Gasteiger partial charge in [-0.15, -0.1) is 0 Å². The normalized spacial score (nSPS) is 11.0. The maximum absolute atomic E-state index is 12.5. The van der Waals surface area contributed by atoms with E-state index in [-0.39, 0.29) is 5.56 Å². The third kappa shape index (κ3) is 2.58. The molecule has 4 aromatic rings. The number of nitrogens with zero attached hydrogens (tertiary/aromatic N) is 5. The van der Waals surface area contributed by atoms with Gasteiger partial charge in [-0.3, -0.25) is 14.0 Å². The van der Waals surface area contributed by atoms with Crippen LogP contribution in [-0.2, 0) is 13.6 Å². The molecular weight excluding hydrogens is 302 g/mol. The highest BCUT2D eigenvalue weighted by atomic mass is 16.1. The summed E-state index contributed by atoms with van der Waals surface area (Å²) in [6.07, 6.45) is 6.99. The number of hydrogen-bond donors (Lipinski definition) is 0. The van der Waals surface area contributed by atoms with Crippen molar-refractivity contribution in [3.05, 3.63) is 77.2 Å². The van der Waals surface area contributed by atoms with Crippen molar-refractivity contribution in [3.63, 3.8) is 0 Å². The predicted octanol–water partition coefficient (Wildman–Crippen LogP) is 2.24. The second-order valence-corrected chi connectivity index (χ2v) is 5.65.